The standard InChI is InChI=1S/C18H21N3O/c1-4-9-22-14-7-8-17-16(11-14)20-18(21(17)3)13-6-5-12(2)15(19)10-13/h5-8,10-11H,4,9,19H2,1-3H3. The van der Waals surface area contributed by atoms with Crippen molar-refractivity contribution in [3.05, 3.63) is 42.0 Å². The van der Waals surface area contributed by atoms with Crippen LogP contribution in [0.1, 0.15) is 18.9 Å². The Kier molecular flexibility index (Phi) is 3.75. The van der Waals surface area contributed by atoms with Crippen molar-refractivity contribution in [3.8, 4) is 17.1 Å². The number of rotatable bonds is 4. The van der Waals surface area contributed by atoms with Crippen LogP contribution < -0.4 is 10.5 Å². The molecule has 4 heteroatoms. The van der Waals surface area contributed by atoms with E-state index in [4.69, 9.17) is 15.5 Å². The van der Waals surface area contributed by atoms with E-state index in [1.165, 1.54) is 0 Å². The summed E-state index contributed by atoms with van der Waals surface area (Å²) in [6, 6.07) is 12.1. The van der Waals surface area contributed by atoms with Gasteiger partial charge in [-0.1, -0.05) is 19.1 Å². The van der Waals surface area contributed by atoms with E-state index < -0.39 is 0 Å². The van der Waals surface area contributed by atoms with Crippen molar-refractivity contribution >= 4 is 16.7 Å². The van der Waals surface area contributed by atoms with Crippen LogP contribution in [0, 0.1) is 6.92 Å². The Labute approximate surface area is 130 Å². The molecule has 114 valence electrons. The van der Waals surface area contributed by atoms with E-state index in [2.05, 4.69) is 17.6 Å². The second kappa shape index (κ2) is 5.72. The van der Waals surface area contributed by atoms with Gasteiger partial charge in [-0.2, -0.15) is 0 Å². The monoisotopic (exact) mass is 295 g/mol. The number of imidazole rings is 1. The second-order valence-electron chi connectivity index (χ2n) is 5.56. The molecule has 2 N–H and O–H groups in total. The molecule has 0 amide bonds. The Hall–Kier alpha value is -2.49. The number of aromatic nitrogens is 2. The fourth-order valence-electron chi connectivity index (χ4n) is 2.53. The summed E-state index contributed by atoms with van der Waals surface area (Å²) in [5.41, 5.74) is 10.9. The number of nitrogen functional groups attached to an aromatic ring is 1. The topological polar surface area (TPSA) is 53.1 Å². The van der Waals surface area contributed by atoms with Crippen molar-refractivity contribution in [2.75, 3.05) is 12.3 Å². The lowest BCUT2D eigenvalue weighted by molar-refractivity contribution is 0.318. The molecule has 0 aliphatic rings. The SMILES string of the molecule is CCCOc1ccc2c(c1)nc(-c1ccc(C)c(N)c1)n2C. The molecule has 0 spiro atoms. The van der Waals surface area contributed by atoms with Gasteiger partial charge in [0, 0.05) is 24.4 Å². The van der Waals surface area contributed by atoms with Crippen LogP contribution in [0.15, 0.2) is 36.4 Å². The van der Waals surface area contributed by atoms with E-state index in [-0.39, 0.29) is 0 Å². The largest absolute Gasteiger partial charge is 0.494 e. The lowest BCUT2D eigenvalue weighted by atomic mass is 10.1. The number of ether oxygens (including phenoxy) is 1. The number of benzene rings is 2. The van der Waals surface area contributed by atoms with Crippen LogP contribution in [0.3, 0.4) is 0 Å². The first-order valence-corrected chi connectivity index (χ1v) is 7.56. The summed E-state index contributed by atoms with van der Waals surface area (Å²) in [6.45, 7) is 4.82. The third kappa shape index (κ3) is 2.52. The number of hydrogen-bond donors (Lipinski definition) is 1. The van der Waals surface area contributed by atoms with Crippen molar-refractivity contribution in [2.45, 2.75) is 20.3 Å². The lowest BCUT2D eigenvalue weighted by Gasteiger charge is -2.06. The molecule has 0 saturated carbocycles. The first kappa shape index (κ1) is 14.4. The van der Waals surface area contributed by atoms with Crippen LogP contribution in [0.5, 0.6) is 5.75 Å². The van der Waals surface area contributed by atoms with Crippen LogP contribution in [0.25, 0.3) is 22.4 Å². The summed E-state index contributed by atoms with van der Waals surface area (Å²) in [4.78, 5) is 4.75. The zero-order chi connectivity index (χ0) is 15.7. The molecular weight excluding hydrogens is 274 g/mol. The van der Waals surface area contributed by atoms with Gasteiger partial charge in [0.2, 0.25) is 0 Å². The van der Waals surface area contributed by atoms with E-state index in [0.717, 1.165) is 52.4 Å². The van der Waals surface area contributed by atoms with Gasteiger partial charge >= 0.3 is 0 Å². The highest BCUT2D eigenvalue weighted by molar-refractivity contribution is 5.82. The van der Waals surface area contributed by atoms with Crippen LogP contribution in [0.2, 0.25) is 0 Å². The third-order valence-electron chi connectivity index (χ3n) is 3.86. The summed E-state index contributed by atoms with van der Waals surface area (Å²) >= 11 is 0. The maximum atomic E-state index is 6.02. The molecular formula is C18H21N3O. The van der Waals surface area contributed by atoms with Crippen molar-refractivity contribution in [1.29, 1.82) is 0 Å². The number of fused-ring (bicyclic) bond motifs is 1. The van der Waals surface area contributed by atoms with Crippen LogP contribution in [0.4, 0.5) is 5.69 Å². The van der Waals surface area contributed by atoms with Gasteiger partial charge in [-0.3, -0.25) is 0 Å². The average Bonchev–Trinajstić information content (AvgIpc) is 2.84. The summed E-state index contributed by atoms with van der Waals surface area (Å²) in [5.74, 6) is 1.77. The molecule has 0 radical (unpaired) electrons. The predicted molar refractivity (Wildman–Crippen MR) is 91.1 cm³/mol. The van der Waals surface area contributed by atoms with Crippen LogP contribution >= 0.6 is 0 Å². The summed E-state index contributed by atoms with van der Waals surface area (Å²) in [6.07, 6.45) is 0.994. The van der Waals surface area contributed by atoms with Gasteiger partial charge in [0.1, 0.15) is 11.6 Å². The van der Waals surface area contributed by atoms with Crippen LogP contribution in [-0.2, 0) is 7.05 Å². The van der Waals surface area contributed by atoms with E-state index in [9.17, 15) is 0 Å². The zero-order valence-electron chi connectivity index (χ0n) is 13.3. The van der Waals surface area contributed by atoms with E-state index in [1.54, 1.807) is 0 Å². The fraction of sp³-hybridized carbons (Fsp3) is 0.278. The van der Waals surface area contributed by atoms with Gasteiger partial charge in [0.05, 0.1) is 17.6 Å². The summed E-state index contributed by atoms with van der Waals surface area (Å²) < 4.78 is 7.77. The normalized spacial score (nSPS) is 11.0. The summed E-state index contributed by atoms with van der Waals surface area (Å²) in [7, 11) is 2.02. The molecule has 0 unspecified atom stereocenters. The number of nitrogens with two attached hydrogens (primary N) is 1. The minimum atomic E-state index is 0.722. The number of anilines is 1. The molecule has 4 nitrogen and oxygen atoms in total. The number of hydrogen-bond acceptors (Lipinski definition) is 3. The molecule has 1 aromatic heterocycles. The average molecular weight is 295 g/mol. The molecule has 0 aliphatic carbocycles. The quantitative estimate of drug-likeness (QED) is 0.742. The maximum Gasteiger partial charge on any atom is 0.140 e. The fourth-order valence-corrected chi connectivity index (χ4v) is 2.53. The van der Waals surface area contributed by atoms with E-state index >= 15 is 0 Å². The predicted octanol–water partition coefficient (Wildman–Crippen LogP) is 3.92. The lowest BCUT2D eigenvalue weighted by Crippen LogP contribution is -1.95. The zero-order valence-corrected chi connectivity index (χ0v) is 13.3. The molecule has 22 heavy (non-hydrogen) atoms. The number of nitrogens with zero attached hydrogens (tertiary/aromatic N) is 2. The minimum absolute atomic E-state index is 0.722. The Bertz CT molecular complexity index is 821. The molecule has 2 aromatic carbocycles. The number of aryl methyl sites for hydroxylation is 2. The Morgan fingerprint density at radius 1 is 1.18 bits per heavy atom. The molecule has 0 bridgehead atoms. The van der Waals surface area contributed by atoms with Gasteiger partial charge in [0.25, 0.3) is 0 Å². The van der Waals surface area contributed by atoms with Gasteiger partial charge in [-0.15, -0.1) is 0 Å². The third-order valence-corrected chi connectivity index (χ3v) is 3.86. The van der Waals surface area contributed by atoms with Crippen molar-refractivity contribution < 1.29 is 4.74 Å². The molecule has 0 atom stereocenters. The second-order valence-corrected chi connectivity index (χ2v) is 5.56. The van der Waals surface area contributed by atoms with Crippen molar-refractivity contribution in [1.82, 2.24) is 9.55 Å². The van der Waals surface area contributed by atoms with E-state index in [0.29, 0.717) is 0 Å². The highest BCUT2D eigenvalue weighted by Gasteiger charge is 2.11. The Morgan fingerprint density at radius 3 is 2.73 bits per heavy atom. The molecule has 0 fully saturated rings. The highest BCUT2D eigenvalue weighted by Crippen LogP contribution is 2.28. The highest BCUT2D eigenvalue weighted by atomic mass is 16.5. The smallest absolute Gasteiger partial charge is 0.140 e. The molecule has 1 heterocycles. The van der Waals surface area contributed by atoms with Gasteiger partial charge < -0.3 is 15.0 Å². The first-order chi connectivity index (χ1) is 10.6. The maximum absolute atomic E-state index is 6.02. The molecule has 3 aromatic rings. The molecule has 0 saturated heterocycles. The molecule has 0 aliphatic heterocycles. The van der Waals surface area contributed by atoms with Gasteiger partial charge in [0.15, 0.2) is 0 Å². The van der Waals surface area contributed by atoms with Gasteiger partial charge in [-0.05, 0) is 37.1 Å². The Morgan fingerprint density at radius 2 is 2.00 bits per heavy atom. The summed E-state index contributed by atoms with van der Waals surface area (Å²) in [5, 5.41) is 0. The van der Waals surface area contributed by atoms with Crippen molar-refractivity contribution in [3.63, 3.8) is 0 Å². The molecule has 3 rings (SSSR count). The minimum Gasteiger partial charge on any atom is -0.494 e. The van der Waals surface area contributed by atoms with Gasteiger partial charge in [-0.25, -0.2) is 4.98 Å². The van der Waals surface area contributed by atoms with Crippen molar-refractivity contribution in [2.24, 2.45) is 7.05 Å². The van der Waals surface area contributed by atoms with Crippen LogP contribution in [-0.4, -0.2) is 16.2 Å². The van der Waals surface area contributed by atoms with E-state index in [1.807, 2.05) is 44.3 Å². The Balaban J connectivity index is 2.06. The first-order valence-electron chi connectivity index (χ1n) is 7.56.